The number of ether oxygens (including phenoxy) is 2. The van der Waals surface area contributed by atoms with E-state index in [1.165, 1.54) is 30.6 Å². The SMILES string of the molecule is COc1cc(OCc2sc(-c3ccc(C(F)(F)F)cc3)nc2CN2CCC(O)(O)CC2)ccc1-c1noc(=O)[nH]1. The fourth-order valence-electron chi connectivity index (χ4n) is 4.28. The predicted octanol–water partition coefficient (Wildman–Crippen LogP) is 4.04. The number of piperidine rings is 1. The second kappa shape index (κ2) is 11.0. The molecule has 0 atom stereocenters. The Morgan fingerprint density at radius 2 is 1.88 bits per heavy atom. The van der Waals surface area contributed by atoms with Gasteiger partial charge in [0.25, 0.3) is 0 Å². The normalized spacial score (nSPS) is 15.8. The number of methoxy groups -OCH3 is 1. The number of alkyl halides is 3. The van der Waals surface area contributed by atoms with Gasteiger partial charge >= 0.3 is 11.9 Å². The molecule has 10 nitrogen and oxygen atoms in total. The van der Waals surface area contributed by atoms with E-state index in [-0.39, 0.29) is 25.3 Å². The molecule has 2 aromatic carbocycles. The molecule has 0 bridgehead atoms. The summed E-state index contributed by atoms with van der Waals surface area (Å²) in [4.78, 5) is 21.3. The van der Waals surface area contributed by atoms with Gasteiger partial charge in [-0.05, 0) is 24.3 Å². The smallest absolute Gasteiger partial charge is 0.439 e. The summed E-state index contributed by atoms with van der Waals surface area (Å²) in [7, 11) is 1.46. The Morgan fingerprint density at radius 1 is 1.15 bits per heavy atom. The van der Waals surface area contributed by atoms with Crippen molar-refractivity contribution in [3.63, 3.8) is 0 Å². The number of aromatic amines is 1. The maximum absolute atomic E-state index is 13.0. The number of hydrogen-bond acceptors (Lipinski definition) is 10. The topological polar surface area (TPSA) is 134 Å². The second-order valence-electron chi connectivity index (χ2n) is 9.32. The average molecular weight is 579 g/mol. The molecule has 0 spiro atoms. The van der Waals surface area contributed by atoms with Crippen molar-refractivity contribution in [1.82, 2.24) is 20.0 Å². The van der Waals surface area contributed by atoms with Crippen LogP contribution in [0.15, 0.2) is 51.8 Å². The summed E-state index contributed by atoms with van der Waals surface area (Å²) < 4.78 is 55.1. The second-order valence-corrected chi connectivity index (χ2v) is 10.4. The molecule has 2 aromatic heterocycles. The number of aromatic nitrogens is 3. The lowest BCUT2D eigenvalue weighted by atomic mass is 10.0. The van der Waals surface area contributed by atoms with Crippen molar-refractivity contribution in [1.29, 1.82) is 0 Å². The monoisotopic (exact) mass is 578 g/mol. The maximum Gasteiger partial charge on any atom is 0.439 e. The van der Waals surface area contributed by atoms with Gasteiger partial charge in [-0.1, -0.05) is 17.3 Å². The van der Waals surface area contributed by atoms with Crippen LogP contribution in [0.4, 0.5) is 13.2 Å². The zero-order valence-electron chi connectivity index (χ0n) is 21.2. The van der Waals surface area contributed by atoms with Crippen molar-refractivity contribution in [3.8, 4) is 33.5 Å². The van der Waals surface area contributed by atoms with E-state index in [2.05, 4.69) is 14.7 Å². The van der Waals surface area contributed by atoms with Gasteiger partial charge in [0.15, 0.2) is 11.6 Å². The number of H-pyrrole nitrogens is 1. The Morgan fingerprint density at radius 3 is 2.50 bits per heavy atom. The van der Waals surface area contributed by atoms with Crippen molar-refractivity contribution in [2.45, 2.75) is 38.0 Å². The lowest BCUT2D eigenvalue weighted by Gasteiger charge is -2.34. The van der Waals surface area contributed by atoms with E-state index in [9.17, 15) is 28.2 Å². The third kappa shape index (κ3) is 6.36. The molecule has 1 aliphatic heterocycles. The molecule has 0 radical (unpaired) electrons. The zero-order chi connectivity index (χ0) is 28.5. The highest BCUT2D eigenvalue weighted by Crippen LogP contribution is 2.35. The van der Waals surface area contributed by atoms with E-state index in [1.807, 2.05) is 4.90 Å². The van der Waals surface area contributed by atoms with E-state index in [4.69, 9.17) is 14.5 Å². The number of benzene rings is 2. The van der Waals surface area contributed by atoms with Gasteiger partial charge in [0.2, 0.25) is 0 Å². The summed E-state index contributed by atoms with van der Waals surface area (Å²) in [6.07, 6.45) is -4.05. The van der Waals surface area contributed by atoms with Crippen molar-refractivity contribution in [2.75, 3.05) is 20.2 Å². The van der Waals surface area contributed by atoms with Gasteiger partial charge < -0.3 is 19.7 Å². The van der Waals surface area contributed by atoms with Crippen LogP contribution in [-0.4, -0.2) is 56.2 Å². The number of hydrogen-bond donors (Lipinski definition) is 3. The Labute approximate surface area is 229 Å². The Bertz CT molecular complexity index is 1520. The van der Waals surface area contributed by atoms with Crippen LogP contribution in [-0.2, 0) is 19.3 Å². The first-order valence-electron chi connectivity index (χ1n) is 12.2. The minimum absolute atomic E-state index is 0.120. The molecule has 1 aliphatic rings. The Hall–Kier alpha value is -3.72. The van der Waals surface area contributed by atoms with Gasteiger partial charge in [-0.3, -0.25) is 14.4 Å². The molecule has 40 heavy (non-hydrogen) atoms. The first-order chi connectivity index (χ1) is 19.0. The quantitative estimate of drug-likeness (QED) is 0.265. The number of rotatable bonds is 8. The molecule has 212 valence electrons. The van der Waals surface area contributed by atoms with Gasteiger partial charge in [-0.25, -0.2) is 9.78 Å². The molecule has 0 aliphatic carbocycles. The van der Waals surface area contributed by atoms with Gasteiger partial charge in [-0.2, -0.15) is 13.2 Å². The fourth-order valence-corrected chi connectivity index (χ4v) is 5.27. The van der Waals surface area contributed by atoms with Crippen LogP contribution in [0.3, 0.4) is 0 Å². The number of thiazole rings is 1. The highest BCUT2D eigenvalue weighted by Gasteiger charge is 2.31. The van der Waals surface area contributed by atoms with Crippen LogP contribution in [0.2, 0.25) is 0 Å². The van der Waals surface area contributed by atoms with E-state index in [0.29, 0.717) is 53.0 Å². The van der Waals surface area contributed by atoms with Crippen LogP contribution in [0, 0.1) is 0 Å². The van der Waals surface area contributed by atoms with Crippen LogP contribution < -0.4 is 15.2 Å². The van der Waals surface area contributed by atoms with E-state index >= 15 is 0 Å². The summed E-state index contributed by atoms with van der Waals surface area (Å²) in [5.41, 5.74) is 0.986. The lowest BCUT2D eigenvalue weighted by molar-refractivity contribution is -0.189. The minimum Gasteiger partial charge on any atom is -0.496 e. The van der Waals surface area contributed by atoms with Gasteiger partial charge in [0, 0.05) is 44.1 Å². The fraction of sp³-hybridized carbons (Fsp3) is 0.346. The van der Waals surface area contributed by atoms with Crippen LogP contribution in [0.1, 0.15) is 29.0 Å². The number of nitrogens with zero attached hydrogens (tertiary/aromatic N) is 3. The number of nitrogens with one attached hydrogen (secondary N) is 1. The van der Waals surface area contributed by atoms with E-state index in [0.717, 1.165) is 17.0 Å². The standard InChI is InChI=1S/C26H25F3N4O6S/c1-37-20-12-17(6-7-18(20)22-31-24(34)39-32-22)38-14-21-19(13-33-10-8-25(35,36)9-11-33)30-23(40-21)15-2-4-16(5-3-15)26(27,28)29/h2-7,12,35-36H,8-11,13-14H2,1H3,(H,31,32,34). The predicted molar refractivity (Wildman–Crippen MR) is 138 cm³/mol. The molecule has 3 heterocycles. The number of aliphatic hydroxyl groups is 2. The molecular formula is C26H25F3N4O6S. The molecule has 4 aromatic rings. The highest BCUT2D eigenvalue weighted by molar-refractivity contribution is 7.15. The molecule has 3 N–H and O–H groups in total. The summed E-state index contributed by atoms with van der Waals surface area (Å²) >= 11 is 1.31. The van der Waals surface area contributed by atoms with E-state index < -0.39 is 23.3 Å². The van der Waals surface area contributed by atoms with Crippen LogP contribution in [0.5, 0.6) is 11.5 Å². The first kappa shape index (κ1) is 27.8. The Balaban J connectivity index is 1.38. The molecule has 5 rings (SSSR count). The Kier molecular flexibility index (Phi) is 7.68. The van der Waals surface area contributed by atoms with Crippen molar-refractivity contribution >= 4 is 11.3 Å². The molecule has 0 unspecified atom stereocenters. The van der Waals surface area contributed by atoms with E-state index in [1.54, 1.807) is 18.2 Å². The molecule has 1 fully saturated rings. The molecule has 0 saturated carbocycles. The zero-order valence-corrected chi connectivity index (χ0v) is 22.0. The summed E-state index contributed by atoms with van der Waals surface area (Å²) in [5.74, 6) is -1.33. The summed E-state index contributed by atoms with van der Waals surface area (Å²) in [5, 5.41) is 24.0. The van der Waals surface area contributed by atoms with Crippen molar-refractivity contribution in [3.05, 3.63) is 69.1 Å². The van der Waals surface area contributed by atoms with Crippen molar-refractivity contribution in [2.24, 2.45) is 0 Å². The average Bonchev–Trinajstić information content (AvgIpc) is 3.54. The molecule has 0 amide bonds. The minimum atomic E-state index is -4.44. The maximum atomic E-state index is 13.0. The third-order valence-corrected chi connectivity index (χ3v) is 7.63. The van der Waals surface area contributed by atoms with Gasteiger partial charge in [-0.15, -0.1) is 11.3 Å². The van der Waals surface area contributed by atoms with Crippen LogP contribution >= 0.6 is 11.3 Å². The number of likely N-dealkylation sites (tertiary alicyclic amines) is 1. The number of halogens is 3. The summed E-state index contributed by atoms with van der Waals surface area (Å²) in [6, 6.07) is 9.79. The largest absolute Gasteiger partial charge is 0.496 e. The molecular weight excluding hydrogens is 553 g/mol. The van der Waals surface area contributed by atoms with Crippen LogP contribution in [0.25, 0.3) is 22.0 Å². The van der Waals surface area contributed by atoms with Crippen molar-refractivity contribution < 1.29 is 37.4 Å². The molecule has 1 saturated heterocycles. The highest BCUT2D eigenvalue weighted by atomic mass is 32.1. The first-order valence-corrected chi connectivity index (χ1v) is 13.0. The lowest BCUT2D eigenvalue weighted by Crippen LogP contribution is -2.43. The molecule has 14 heteroatoms. The third-order valence-electron chi connectivity index (χ3n) is 6.51. The van der Waals surface area contributed by atoms with Gasteiger partial charge in [0.1, 0.15) is 23.1 Å². The van der Waals surface area contributed by atoms with Gasteiger partial charge in [0.05, 0.1) is 28.8 Å². The summed E-state index contributed by atoms with van der Waals surface area (Å²) in [6.45, 7) is 1.43.